The van der Waals surface area contributed by atoms with Gasteiger partial charge >= 0.3 is 0 Å². The first kappa shape index (κ1) is 12.0. The third-order valence-corrected chi connectivity index (χ3v) is 2.13. The van der Waals surface area contributed by atoms with Gasteiger partial charge < -0.3 is 5.32 Å². The standard InChI is InChI=1S/C11H19NO/c1-4-7-8-10(6-3)11(13)12-9-5-2/h2,10H,4,6-9H2,1,3H3,(H,12,13)/t10-/m1/s1. The Kier molecular flexibility index (Phi) is 7.10. The van der Waals surface area contributed by atoms with E-state index in [0.717, 1.165) is 25.7 Å². The van der Waals surface area contributed by atoms with Crippen LogP contribution in [0.15, 0.2) is 0 Å². The maximum Gasteiger partial charge on any atom is 0.223 e. The van der Waals surface area contributed by atoms with Crippen molar-refractivity contribution in [1.29, 1.82) is 0 Å². The minimum absolute atomic E-state index is 0.105. The molecule has 0 spiro atoms. The van der Waals surface area contributed by atoms with E-state index in [4.69, 9.17) is 6.42 Å². The first-order valence-electron chi connectivity index (χ1n) is 4.97. The molecule has 0 aliphatic heterocycles. The van der Waals surface area contributed by atoms with Gasteiger partial charge in [-0.25, -0.2) is 0 Å². The van der Waals surface area contributed by atoms with E-state index >= 15 is 0 Å². The third-order valence-electron chi connectivity index (χ3n) is 2.13. The number of hydrogen-bond acceptors (Lipinski definition) is 1. The molecular weight excluding hydrogens is 162 g/mol. The highest BCUT2D eigenvalue weighted by atomic mass is 16.1. The maximum absolute atomic E-state index is 11.4. The van der Waals surface area contributed by atoms with Gasteiger partial charge in [-0.05, 0) is 12.8 Å². The molecule has 13 heavy (non-hydrogen) atoms. The molecule has 2 nitrogen and oxygen atoms in total. The first-order chi connectivity index (χ1) is 6.26. The fourth-order valence-electron chi connectivity index (χ4n) is 1.25. The van der Waals surface area contributed by atoms with Crippen LogP contribution in [0.2, 0.25) is 0 Å². The number of amides is 1. The Morgan fingerprint density at radius 3 is 2.69 bits per heavy atom. The van der Waals surface area contributed by atoms with E-state index < -0.39 is 0 Å². The minimum atomic E-state index is 0.105. The predicted octanol–water partition coefficient (Wildman–Crippen LogP) is 1.95. The smallest absolute Gasteiger partial charge is 0.223 e. The highest BCUT2D eigenvalue weighted by Crippen LogP contribution is 2.12. The summed E-state index contributed by atoms with van der Waals surface area (Å²) in [6.07, 6.45) is 9.18. The molecule has 0 radical (unpaired) electrons. The van der Waals surface area contributed by atoms with E-state index in [-0.39, 0.29) is 11.8 Å². The van der Waals surface area contributed by atoms with Crippen LogP contribution in [0.5, 0.6) is 0 Å². The summed E-state index contributed by atoms with van der Waals surface area (Å²) in [6.45, 7) is 4.52. The number of nitrogens with one attached hydrogen (secondary N) is 1. The van der Waals surface area contributed by atoms with Crippen LogP contribution in [0, 0.1) is 18.3 Å². The van der Waals surface area contributed by atoms with Crippen molar-refractivity contribution in [1.82, 2.24) is 5.32 Å². The molecule has 0 aliphatic carbocycles. The Morgan fingerprint density at radius 2 is 2.23 bits per heavy atom. The molecule has 0 saturated carbocycles. The summed E-state index contributed by atoms with van der Waals surface area (Å²) in [5, 5.41) is 2.72. The summed E-state index contributed by atoms with van der Waals surface area (Å²) >= 11 is 0. The van der Waals surface area contributed by atoms with Crippen molar-refractivity contribution in [3.05, 3.63) is 0 Å². The SMILES string of the molecule is C#CCNC(=O)[C@H](CC)CCCC. The minimum Gasteiger partial charge on any atom is -0.345 e. The lowest BCUT2D eigenvalue weighted by Crippen LogP contribution is -2.30. The summed E-state index contributed by atoms with van der Waals surface area (Å²) in [5.41, 5.74) is 0. The number of hydrogen-bond donors (Lipinski definition) is 1. The van der Waals surface area contributed by atoms with Crippen LogP contribution in [0.4, 0.5) is 0 Å². The van der Waals surface area contributed by atoms with E-state index in [1.807, 2.05) is 6.92 Å². The van der Waals surface area contributed by atoms with Crippen LogP contribution in [0.3, 0.4) is 0 Å². The number of terminal acetylenes is 1. The van der Waals surface area contributed by atoms with E-state index in [0.29, 0.717) is 6.54 Å². The Labute approximate surface area is 81.1 Å². The molecule has 0 bridgehead atoms. The van der Waals surface area contributed by atoms with Crippen molar-refractivity contribution in [3.8, 4) is 12.3 Å². The lowest BCUT2D eigenvalue weighted by molar-refractivity contribution is -0.125. The molecule has 0 heterocycles. The summed E-state index contributed by atoms with van der Waals surface area (Å²) in [7, 11) is 0. The molecule has 2 heteroatoms. The fraction of sp³-hybridized carbons (Fsp3) is 0.727. The molecular formula is C11H19NO. The largest absolute Gasteiger partial charge is 0.345 e. The number of carbonyl (C=O) groups excluding carboxylic acids is 1. The van der Waals surface area contributed by atoms with Crippen molar-refractivity contribution in [2.24, 2.45) is 5.92 Å². The molecule has 1 atom stereocenters. The highest BCUT2D eigenvalue weighted by Gasteiger charge is 2.14. The van der Waals surface area contributed by atoms with Crippen molar-refractivity contribution in [2.45, 2.75) is 39.5 Å². The second kappa shape index (κ2) is 7.67. The Balaban J connectivity index is 3.79. The fourth-order valence-corrected chi connectivity index (χ4v) is 1.25. The van der Waals surface area contributed by atoms with Gasteiger partial charge in [0.15, 0.2) is 0 Å². The molecule has 0 rings (SSSR count). The van der Waals surface area contributed by atoms with E-state index in [1.54, 1.807) is 0 Å². The number of unbranched alkanes of at least 4 members (excludes halogenated alkanes) is 1. The van der Waals surface area contributed by atoms with Crippen LogP contribution in [0.1, 0.15) is 39.5 Å². The van der Waals surface area contributed by atoms with Gasteiger partial charge in [0.25, 0.3) is 0 Å². The number of rotatable bonds is 6. The van der Waals surface area contributed by atoms with Crippen LogP contribution >= 0.6 is 0 Å². The van der Waals surface area contributed by atoms with Gasteiger partial charge in [-0.2, -0.15) is 0 Å². The van der Waals surface area contributed by atoms with Gasteiger partial charge in [-0.15, -0.1) is 6.42 Å². The summed E-state index contributed by atoms with van der Waals surface area (Å²) in [6, 6.07) is 0. The van der Waals surface area contributed by atoms with Gasteiger partial charge in [0.05, 0.1) is 6.54 Å². The van der Waals surface area contributed by atoms with Crippen molar-refractivity contribution < 1.29 is 4.79 Å². The molecule has 0 fully saturated rings. The van der Waals surface area contributed by atoms with Gasteiger partial charge in [-0.1, -0.05) is 32.6 Å². The monoisotopic (exact) mass is 181 g/mol. The molecule has 0 aromatic rings. The average Bonchev–Trinajstić information content (AvgIpc) is 2.16. The lowest BCUT2D eigenvalue weighted by atomic mass is 9.98. The van der Waals surface area contributed by atoms with Crippen molar-refractivity contribution in [3.63, 3.8) is 0 Å². The summed E-state index contributed by atoms with van der Waals surface area (Å²) < 4.78 is 0. The topological polar surface area (TPSA) is 29.1 Å². The quantitative estimate of drug-likeness (QED) is 0.623. The van der Waals surface area contributed by atoms with E-state index in [2.05, 4.69) is 18.2 Å². The van der Waals surface area contributed by atoms with Crippen LogP contribution in [-0.2, 0) is 4.79 Å². The van der Waals surface area contributed by atoms with Gasteiger partial charge in [-0.3, -0.25) is 4.79 Å². The second-order valence-corrected chi connectivity index (χ2v) is 3.17. The van der Waals surface area contributed by atoms with Crippen molar-refractivity contribution >= 4 is 5.91 Å². The van der Waals surface area contributed by atoms with Gasteiger partial charge in [0, 0.05) is 5.92 Å². The zero-order valence-electron chi connectivity index (χ0n) is 8.60. The maximum atomic E-state index is 11.4. The van der Waals surface area contributed by atoms with Crippen LogP contribution in [0.25, 0.3) is 0 Å². The summed E-state index contributed by atoms with van der Waals surface area (Å²) in [5.74, 6) is 2.65. The Hall–Kier alpha value is -0.970. The van der Waals surface area contributed by atoms with Crippen molar-refractivity contribution in [2.75, 3.05) is 6.54 Å². The van der Waals surface area contributed by atoms with Crippen LogP contribution < -0.4 is 5.32 Å². The first-order valence-corrected chi connectivity index (χ1v) is 4.97. The molecule has 1 N–H and O–H groups in total. The molecule has 74 valence electrons. The van der Waals surface area contributed by atoms with Gasteiger partial charge in [0.1, 0.15) is 0 Å². The summed E-state index contributed by atoms with van der Waals surface area (Å²) in [4.78, 5) is 11.4. The molecule has 0 aromatic heterocycles. The molecule has 0 unspecified atom stereocenters. The van der Waals surface area contributed by atoms with Gasteiger partial charge in [0.2, 0.25) is 5.91 Å². The van der Waals surface area contributed by atoms with E-state index in [9.17, 15) is 4.79 Å². The second-order valence-electron chi connectivity index (χ2n) is 3.17. The Bertz CT molecular complexity index is 181. The van der Waals surface area contributed by atoms with Crippen LogP contribution in [-0.4, -0.2) is 12.5 Å². The third kappa shape index (κ3) is 5.30. The van der Waals surface area contributed by atoms with E-state index in [1.165, 1.54) is 0 Å². The number of carbonyl (C=O) groups is 1. The zero-order valence-corrected chi connectivity index (χ0v) is 8.60. The predicted molar refractivity (Wildman–Crippen MR) is 55.1 cm³/mol. The molecule has 0 aromatic carbocycles. The zero-order chi connectivity index (χ0) is 10.1. The molecule has 1 amide bonds. The molecule has 0 saturated heterocycles. The lowest BCUT2D eigenvalue weighted by Gasteiger charge is -2.12. The Morgan fingerprint density at radius 1 is 1.54 bits per heavy atom. The molecule has 0 aliphatic rings. The average molecular weight is 181 g/mol. The highest BCUT2D eigenvalue weighted by molar-refractivity contribution is 5.78. The normalized spacial score (nSPS) is 11.8.